The first kappa shape index (κ1) is 15.3. The van der Waals surface area contributed by atoms with Crippen molar-refractivity contribution in [3.63, 3.8) is 0 Å². The van der Waals surface area contributed by atoms with Gasteiger partial charge in [-0.25, -0.2) is 0 Å². The van der Waals surface area contributed by atoms with Crippen LogP contribution in [0.5, 0.6) is 0 Å². The molecular formula is C19H18N6. The highest BCUT2D eigenvalue weighted by atomic mass is 15.1. The number of nitrogens with zero attached hydrogens (tertiary/aromatic N) is 4. The van der Waals surface area contributed by atoms with Crippen LogP contribution in [-0.2, 0) is 0 Å². The number of hydrogen-bond acceptors (Lipinski definition) is 4. The van der Waals surface area contributed by atoms with E-state index in [-0.39, 0.29) is 5.92 Å². The van der Waals surface area contributed by atoms with Crippen LogP contribution in [0.25, 0.3) is 21.8 Å². The summed E-state index contributed by atoms with van der Waals surface area (Å²) in [6, 6.07) is 12.0. The molecule has 0 aliphatic heterocycles. The van der Waals surface area contributed by atoms with Crippen molar-refractivity contribution in [3.8, 4) is 0 Å². The number of benzene rings is 2. The monoisotopic (exact) mass is 330 g/mol. The molecule has 124 valence electrons. The number of hydrogen-bond donors (Lipinski definition) is 2. The Bertz CT molecular complexity index is 972. The molecule has 4 aromatic rings. The molecule has 6 heteroatoms. The summed E-state index contributed by atoms with van der Waals surface area (Å²) < 4.78 is 0. The summed E-state index contributed by atoms with van der Waals surface area (Å²) in [5.41, 5.74) is 3.79. The SMILES string of the molecule is CCC(C=Nc1ccc2cn[nH]c2c1)C=Nc1ccc2cn[nH]c2c1. The van der Waals surface area contributed by atoms with Crippen LogP contribution in [0.3, 0.4) is 0 Å². The number of rotatable bonds is 5. The Morgan fingerprint density at radius 2 is 1.40 bits per heavy atom. The second kappa shape index (κ2) is 6.68. The average Bonchev–Trinajstić information content (AvgIpc) is 3.29. The highest BCUT2D eigenvalue weighted by molar-refractivity contribution is 5.88. The van der Waals surface area contributed by atoms with Gasteiger partial charge in [-0.3, -0.25) is 20.2 Å². The molecule has 0 spiro atoms. The Balaban J connectivity index is 1.50. The summed E-state index contributed by atoms with van der Waals surface area (Å²) in [5.74, 6) is 0.176. The molecule has 2 aromatic heterocycles. The molecule has 0 fully saturated rings. The Morgan fingerprint density at radius 3 is 1.88 bits per heavy atom. The lowest BCUT2D eigenvalue weighted by Gasteiger charge is -2.02. The van der Waals surface area contributed by atoms with Crippen LogP contribution in [0.15, 0.2) is 58.8 Å². The van der Waals surface area contributed by atoms with Gasteiger partial charge in [0.15, 0.2) is 0 Å². The molecule has 0 bridgehead atoms. The van der Waals surface area contributed by atoms with E-state index in [4.69, 9.17) is 0 Å². The number of fused-ring (bicyclic) bond motifs is 2. The Labute approximate surface area is 144 Å². The van der Waals surface area contributed by atoms with Crippen molar-refractivity contribution in [1.82, 2.24) is 20.4 Å². The van der Waals surface area contributed by atoms with Gasteiger partial charge in [-0.05, 0) is 42.8 Å². The molecule has 0 aliphatic carbocycles. The molecule has 2 heterocycles. The first-order valence-electron chi connectivity index (χ1n) is 8.26. The van der Waals surface area contributed by atoms with Gasteiger partial charge in [0.2, 0.25) is 0 Å². The molecule has 4 rings (SSSR count). The fourth-order valence-electron chi connectivity index (χ4n) is 2.62. The summed E-state index contributed by atoms with van der Waals surface area (Å²) in [7, 11) is 0. The number of aromatic nitrogens is 4. The van der Waals surface area contributed by atoms with Gasteiger partial charge in [-0.1, -0.05) is 6.92 Å². The van der Waals surface area contributed by atoms with Crippen LogP contribution in [0, 0.1) is 5.92 Å². The molecule has 25 heavy (non-hydrogen) atoms. The van der Waals surface area contributed by atoms with Crippen molar-refractivity contribution < 1.29 is 0 Å². The van der Waals surface area contributed by atoms with E-state index < -0.39 is 0 Å². The van der Waals surface area contributed by atoms with Crippen LogP contribution in [0.4, 0.5) is 11.4 Å². The smallest absolute Gasteiger partial charge is 0.0671 e. The van der Waals surface area contributed by atoms with Crippen molar-refractivity contribution in [2.24, 2.45) is 15.9 Å². The predicted molar refractivity (Wildman–Crippen MR) is 102 cm³/mol. The lowest BCUT2D eigenvalue weighted by atomic mass is 10.1. The summed E-state index contributed by atoms with van der Waals surface area (Å²) >= 11 is 0. The Morgan fingerprint density at radius 1 is 0.880 bits per heavy atom. The molecule has 0 saturated heterocycles. The third-order valence-electron chi connectivity index (χ3n) is 4.15. The van der Waals surface area contributed by atoms with Crippen LogP contribution >= 0.6 is 0 Å². The molecule has 0 saturated carbocycles. The van der Waals surface area contributed by atoms with E-state index in [1.54, 1.807) is 12.4 Å². The zero-order valence-electron chi connectivity index (χ0n) is 13.8. The molecule has 0 amide bonds. The largest absolute Gasteiger partial charge is 0.278 e. The number of aliphatic imine (C=N–C) groups is 2. The van der Waals surface area contributed by atoms with E-state index in [1.807, 2.05) is 48.8 Å². The van der Waals surface area contributed by atoms with Gasteiger partial charge >= 0.3 is 0 Å². The molecule has 2 aromatic carbocycles. The van der Waals surface area contributed by atoms with Gasteiger partial charge in [0, 0.05) is 29.1 Å². The first-order chi connectivity index (χ1) is 12.3. The van der Waals surface area contributed by atoms with Gasteiger partial charge in [0.05, 0.1) is 34.8 Å². The maximum atomic E-state index is 4.58. The van der Waals surface area contributed by atoms with E-state index in [0.717, 1.165) is 39.6 Å². The Kier molecular flexibility index (Phi) is 4.08. The van der Waals surface area contributed by atoms with Crippen molar-refractivity contribution in [1.29, 1.82) is 0 Å². The van der Waals surface area contributed by atoms with E-state index >= 15 is 0 Å². The molecule has 0 radical (unpaired) electrons. The number of nitrogens with one attached hydrogen (secondary N) is 2. The van der Waals surface area contributed by atoms with Crippen molar-refractivity contribution in [2.75, 3.05) is 0 Å². The second-order valence-corrected chi connectivity index (χ2v) is 5.91. The highest BCUT2D eigenvalue weighted by Crippen LogP contribution is 2.20. The van der Waals surface area contributed by atoms with E-state index in [2.05, 4.69) is 37.3 Å². The third-order valence-corrected chi connectivity index (χ3v) is 4.15. The average molecular weight is 330 g/mol. The molecule has 6 nitrogen and oxygen atoms in total. The van der Waals surface area contributed by atoms with Crippen LogP contribution in [-0.4, -0.2) is 32.8 Å². The van der Waals surface area contributed by atoms with Crippen LogP contribution < -0.4 is 0 Å². The van der Waals surface area contributed by atoms with E-state index in [9.17, 15) is 0 Å². The maximum absolute atomic E-state index is 4.58. The summed E-state index contributed by atoms with van der Waals surface area (Å²) in [6.07, 6.45) is 8.43. The van der Waals surface area contributed by atoms with Gasteiger partial charge < -0.3 is 0 Å². The molecular weight excluding hydrogens is 312 g/mol. The molecule has 2 N–H and O–H groups in total. The fourth-order valence-corrected chi connectivity index (χ4v) is 2.62. The standard InChI is InChI=1S/C19H18N6/c1-2-13(9-20-16-5-3-14-11-22-24-18(14)7-16)10-21-17-6-4-15-12-23-25-19(15)8-17/h3-13H,2H2,1H3,(H,22,24)(H,23,25). The minimum atomic E-state index is 0.176. The van der Waals surface area contributed by atoms with Crippen molar-refractivity contribution in [2.45, 2.75) is 13.3 Å². The second-order valence-electron chi connectivity index (χ2n) is 5.91. The lowest BCUT2D eigenvalue weighted by molar-refractivity contribution is 0.888. The fraction of sp³-hybridized carbons (Fsp3) is 0.158. The normalized spacial score (nSPS) is 13.5. The van der Waals surface area contributed by atoms with Gasteiger partial charge in [-0.15, -0.1) is 0 Å². The molecule has 0 atom stereocenters. The van der Waals surface area contributed by atoms with Crippen LogP contribution in [0.2, 0.25) is 0 Å². The zero-order valence-corrected chi connectivity index (χ0v) is 13.8. The quantitative estimate of drug-likeness (QED) is 0.525. The minimum absolute atomic E-state index is 0.176. The summed E-state index contributed by atoms with van der Waals surface area (Å²) in [4.78, 5) is 9.16. The number of aromatic amines is 2. The summed E-state index contributed by atoms with van der Waals surface area (Å²) in [5, 5.41) is 16.2. The van der Waals surface area contributed by atoms with E-state index in [0.29, 0.717) is 0 Å². The highest BCUT2D eigenvalue weighted by Gasteiger charge is 2.01. The Hall–Kier alpha value is -3.28. The third kappa shape index (κ3) is 3.33. The van der Waals surface area contributed by atoms with Crippen molar-refractivity contribution >= 4 is 45.6 Å². The summed E-state index contributed by atoms with van der Waals surface area (Å²) in [6.45, 7) is 2.12. The number of H-pyrrole nitrogens is 2. The predicted octanol–water partition coefficient (Wildman–Crippen LogP) is 4.57. The van der Waals surface area contributed by atoms with Gasteiger partial charge in [0.25, 0.3) is 0 Å². The maximum Gasteiger partial charge on any atom is 0.0671 e. The zero-order chi connectivity index (χ0) is 17.1. The molecule has 0 aliphatic rings. The van der Waals surface area contributed by atoms with Crippen molar-refractivity contribution in [3.05, 3.63) is 48.8 Å². The van der Waals surface area contributed by atoms with Gasteiger partial charge in [-0.2, -0.15) is 10.2 Å². The van der Waals surface area contributed by atoms with E-state index in [1.165, 1.54) is 0 Å². The minimum Gasteiger partial charge on any atom is -0.278 e. The topological polar surface area (TPSA) is 82.1 Å². The van der Waals surface area contributed by atoms with Gasteiger partial charge in [0.1, 0.15) is 0 Å². The first-order valence-corrected chi connectivity index (χ1v) is 8.26. The molecule has 0 unspecified atom stereocenters. The lowest BCUT2D eigenvalue weighted by Crippen LogP contribution is -2.01. The van der Waals surface area contributed by atoms with Crippen LogP contribution in [0.1, 0.15) is 13.3 Å².